The number of nitrogens with one attached hydrogen (secondary N) is 1. The molecule has 0 fully saturated rings. The van der Waals surface area contributed by atoms with Crippen LogP contribution in [0.4, 0.5) is 5.69 Å². The van der Waals surface area contributed by atoms with Crippen LogP contribution in [-0.4, -0.2) is 28.7 Å². The highest BCUT2D eigenvalue weighted by Gasteiger charge is 2.15. The number of carboxylic acids is 1. The van der Waals surface area contributed by atoms with Crippen molar-refractivity contribution in [1.82, 2.24) is 0 Å². The van der Waals surface area contributed by atoms with Gasteiger partial charge in [-0.25, -0.2) is 4.79 Å². The number of benzene rings is 2. The molecular weight excluding hydrogens is 369 g/mol. The van der Waals surface area contributed by atoms with Crippen molar-refractivity contribution in [1.29, 1.82) is 0 Å². The van der Waals surface area contributed by atoms with E-state index in [0.29, 0.717) is 21.9 Å². The highest BCUT2D eigenvalue weighted by atomic mass is 35.5. The van der Waals surface area contributed by atoms with Gasteiger partial charge in [-0.2, -0.15) is 0 Å². The van der Waals surface area contributed by atoms with Gasteiger partial charge in [-0.3, -0.25) is 4.79 Å². The number of aromatic hydroxyl groups is 1. The molecule has 0 heterocycles. The van der Waals surface area contributed by atoms with Gasteiger partial charge in [0.05, 0.1) is 5.02 Å². The molecular formula is C17H15Cl2NO5. The predicted octanol–water partition coefficient (Wildman–Crippen LogP) is 4.03. The maximum absolute atomic E-state index is 12.0. The number of hydrogen-bond donors (Lipinski definition) is 3. The summed E-state index contributed by atoms with van der Waals surface area (Å²) in [5.41, 5.74) is 0.944. The van der Waals surface area contributed by atoms with Crippen LogP contribution >= 0.6 is 23.2 Å². The van der Waals surface area contributed by atoms with Gasteiger partial charge < -0.3 is 20.3 Å². The number of aryl methyl sites for hydroxylation is 2. The molecule has 2 aromatic rings. The van der Waals surface area contributed by atoms with E-state index in [9.17, 15) is 14.7 Å². The monoisotopic (exact) mass is 383 g/mol. The Hall–Kier alpha value is -2.44. The van der Waals surface area contributed by atoms with Gasteiger partial charge in [-0.05, 0) is 49.2 Å². The van der Waals surface area contributed by atoms with E-state index >= 15 is 0 Å². The first-order chi connectivity index (χ1) is 11.7. The molecule has 8 heteroatoms. The molecule has 0 aromatic heterocycles. The predicted molar refractivity (Wildman–Crippen MR) is 95.1 cm³/mol. The molecule has 2 aromatic carbocycles. The van der Waals surface area contributed by atoms with Gasteiger partial charge in [0, 0.05) is 10.7 Å². The summed E-state index contributed by atoms with van der Waals surface area (Å²) < 4.78 is 5.42. The number of hydrogen-bond acceptors (Lipinski definition) is 4. The van der Waals surface area contributed by atoms with E-state index in [2.05, 4.69) is 5.32 Å². The zero-order chi connectivity index (χ0) is 18.7. The molecule has 25 heavy (non-hydrogen) atoms. The van der Waals surface area contributed by atoms with Crippen LogP contribution in [0.15, 0.2) is 24.3 Å². The second-order valence-electron chi connectivity index (χ2n) is 5.36. The summed E-state index contributed by atoms with van der Waals surface area (Å²) >= 11 is 11.9. The number of anilines is 1. The minimum absolute atomic E-state index is 0.236. The number of aromatic carboxylic acids is 1. The van der Waals surface area contributed by atoms with Crippen LogP contribution in [0.25, 0.3) is 0 Å². The zero-order valence-corrected chi connectivity index (χ0v) is 14.9. The Labute approximate surface area is 153 Å². The van der Waals surface area contributed by atoms with Crippen molar-refractivity contribution in [2.24, 2.45) is 0 Å². The molecule has 0 spiro atoms. The molecule has 2 rings (SSSR count). The number of halogens is 2. The standard InChI is InChI=1S/C17H15Cl2NO5/c1-8-4-11(6-12(15(8)22)17(23)24)20-14(21)7-25-16-9(2)3-10(18)5-13(16)19/h3-6,22H,7H2,1-2H3,(H,20,21)(H,23,24). The largest absolute Gasteiger partial charge is 0.507 e. The lowest BCUT2D eigenvalue weighted by Crippen LogP contribution is -2.21. The molecule has 6 nitrogen and oxygen atoms in total. The van der Waals surface area contributed by atoms with Crippen molar-refractivity contribution < 1.29 is 24.5 Å². The molecule has 1 amide bonds. The molecule has 0 radical (unpaired) electrons. The Bertz CT molecular complexity index is 828. The second kappa shape index (κ2) is 7.63. The second-order valence-corrected chi connectivity index (χ2v) is 6.21. The maximum Gasteiger partial charge on any atom is 0.339 e. The van der Waals surface area contributed by atoms with Crippen molar-refractivity contribution >= 4 is 40.8 Å². The number of carbonyl (C=O) groups is 2. The number of ether oxygens (including phenoxy) is 1. The Morgan fingerprint density at radius 1 is 1.12 bits per heavy atom. The summed E-state index contributed by atoms with van der Waals surface area (Å²) in [5, 5.41) is 22.0. The molecule has 3 N–H and O–H groups in total. The van der Waals surface area contributed by atoms with E-state index in [1.54, 1.807) is 13.0 Å². The van der Waals surface area contributed by atoms with E-state index < -0.39 is 11.9 Å². The quantitative estimate of drug-likeness (QED) is 0.677. The highest BCUT2D eigenvalue weighted by Crippen LogP contribution is 2.32. The molecule has 0 aliphatic carbocycles. The number of amides is 1. The normalized spacial score (nSPS) is 10.4. The highest BCUT2D eigenvalue weighted by molar-refractivity contribution is 6.35. The Balaban J connectivity index is 2.10. The minimum Gasteiger partial charge on any atom is -0.507 e. The topological polar surface area (TPSA) is 95.9 Å². The summed E-state index contributed by atoms with van der Waals surface area (Å²) in [6.07, 6.45) is 0. The van der Waals surface area contributed by atoms with Crippen molar-refractivity contribution in [3.05, 3.63) is 51.0 Å². The third-order valence-corrected chi connectivity index (χ3v) is 3.86. The minimum atomic E-state index is -1.29. The number of phenols is 1. The number of rotatable bonds is 5. The van der Waals surface area contributed by atoms with E-state index in [1.165, 1.54) is 25.1 Å². The van der Waals surface area contributed by atoms with Crippen molar-refractivity contribution in [2.75, 3.05) is 11.9 Å². The van der Waals surface area contributed by atoms with E-state index in [0.717, 1.165) is 0 Å². The Kier molecular flexibility index (Phi) is 5.77. The van der Waals surface area contributed by atoms with Crippen LogP contribution in [0.1, 0.15) is 21.5 Å². The molecule has 0 atom stereocenters. The van der Waals surface area contributed by atoms with Crippen LogP contribution in [0.3, 0.4) is 0 Å². The third kappa shape index (κ3) is 4.55. The van der Waals surface area contributed by atoms with Crippen molar-refractivity contribution in [3.8, 4) is 11.5 Å². The van der Waals surface area contributed by atoms with Crippen molar-refractivity contribution in [2.45, 2.75) is 13.8 Å². The van der Waals surface area contributed by atoms with Gasteiger partial charge in [0.1, 0.15) is 17.1 Å². The van der Waals surface area contributed by atoms with Crippen LogP contribution in [0, 0.1) is 13.8 Å². The fourth-order valence-electron chi connectivity index (χ4n) is 2.22. The van der Waals surface area contributed by atoms with E-state index in [4.69, 9.17) is 33.0 Å². The van der Waals surface area contributed by atoms with Crippen molar-refractivity contribution in [3.63, 3.8) is 0 Å². The Morgan fingerprint density at radius 3 is 2.40 bits per heavy atom. The first-order valence-corrected chi connectivity index (χ1v) is 7.90. The van der Waals surface area contributed by atoms with E-state index in [-0.39, 0.29) is 28.6 Å². The molecule has 0 aliphatic rings. The van der Waals surface area contributed by atoms with E-state index in [1.807, 2.05) is 0 Å². The number of carboxylic acid groups (broad SMARTS) is 1. The third-order valence-electron chi connectivity index (χ3n) is 3.36. The lowest BCUT2D eigenvalue weighted by Gasteiger charge is -2.13. The SMILES string of the molecule is Cc1cc(NC(=O)COc2c(C)cc(Cl)cc2Cl)cc(C(=O)O)c1O. The van der Waals surface area contributed by atoms with Crippen LogP contribution in [-0.2, 0) is 4.79 Å². The summed E-state index contributed by atoms with van der Waals surface area (Å²) in [4.78, 5) is 23.1. The summed E-state index contributed by atoms with van der Waals surface area (Å²) in [5.74, 6) is -1.80. The lowest BCUT2D eigenvalue weighted by atomic mass is 10.1. The van der Waals surface area contributed by atoms with Gasteiger partial charge in [-0.1, -0.05) is 23.2 Å². The van der Waals surface area contributed by atoms with Crippen LogP contribution in [0.2, 0.25) is 10.0 Å². The summed E-state index contributed by atoms with van der Waals surface area (Å²) in [6, 6.07) is 5.79. The lowest BCUT2D eigenvalue weighted by molar-refractivity contribution is -0.118. The van der Waals surface area contributed by atoms with Gasteiger partial charge >= 0.3 is 5.97 Å². The number of carbonyl (C=O) groups excluding carboxylic acids is 1. The average molecular weight is 384 g/mol. The fraction of sp³-hybridized carbons (Fsp3) is 0.176. The molecule has 0 saturated carbocycles. The summed E-state index contributed by atoms with van der Waals surface area (Å²) in [6.45, 7) is 2.95. The zero-order valence-electron chi connectivity index (χ0n) is 13.4. The molecule has 0 unspecified atom stereocenters. The average Bonchev–Trinajstić information content (AvgIpc) is 2.49. The van der Waals surface area contributed by atoms with Gasteiger partial charge in [0.2, 0.25) is 0 Å². The molecule has 0 bridgehead atoms. The molecule has 0 aliphatic heterocycles. The first-order valence-electron chi connectivity index (χ1n) is 7.14. The van der Waals surface area contributed by atoms with Crippen LogP contribution in [0.5, 0.6) is 11.5 Å². The van der Waals surface area contributed by atoms with Gasteiger partial charge in [0.15, 0.2) is 6.61 Å². The molecule has 0 saturated heterocycles. The fourth-order valence-corrected chi connectivity index (χ4v) is 2.87. The molecule has 132 valence electrons. The Morgan fingerprint density at radius 2 is 1.80 bits per heavy atom. The van der Waals surface area contributed by atoms with Gasteiger partial charge in [-0.15, -0.1) is 0 Å². The van der Waals surface area contributed by atoms with Gasteiger partial charge in [0.25, 0.3) is 5.91 Å². The summed E-state index contributed by atoms with van der Waals surface area (Å²) in [7, 11) is 0. The maximum atomic E-state index is 12.0. The smallest absolute Gasteiger partial charge is 0.339 e. The first kappa shape index (κ1) is 18.9. The van der Waals surface area contributed by atoms with Crippen LogP contribution < -0.4 is 10.1 Å².